The number of hydrogen-bond donors (Lipinski definition) is 1. The molecule has 3 aromatic rings. The number of imide groups is 1. The lowest BCUT2D eigenvalue weighted by Gasteiger charge is -2.14. The summed E-state index contributed by atoms with van der Waals surface area (Å²) in [4.78, 5) is 41.7. The summed E-state index contributed by atoms with van der Waals surface area (Å²) < 4.78 is 7.15. The van der Waals surface area contributed by atoms with Gasteiger partial charge in [0, 0.05) is 29.1 Å². The summed E-state index contributed by atoms with van der Waals surface area (Å²) in [5.74, 6) is -0.403. The van der Waals surface area contributed by atoms with Crippen LogP contribution in [-0.4, -0.2) is 46.8 Å². The van der Waals surface area contributed by atoms with E-state index in [0.717, 1.165) is 76.2 Å². The van der Waals surface area contributed by atoms with E-state index < -0.39 is 0 Å². The van der Waals surface area contributed by atoms with Crippen LogP contribution in [0.4, 0.5) is 10.5 Å². The number of aromatic nitrogens is 1. The highest BCUT2D eigenvalue weighted by Gasteiger charge is 2.35. The lowest BCUT2D eigenvalue weighted by molar-refractivity contribution is -0.123. The van der Waals surface area contributed by atoms with Crippen molar-refractivity contribution in [2.24, 2.45) is 0 Å². The normalized spacial score (nSPS) is 16.5. The second-order valence-corrected chi connectivity index (χ2v) is 11.3. The minimum Gasteiger partial charge on any atom is -0.383 e. The van der Waals surface area contributed by atoms with Gasteiger partial charge in [-0.15, -0.1) is 11.3 Å². The SMILES string of the molecule is COCCN1C(=O)S/C(=C/c2cc(C)n(-c3sc4c(c3C(=O)Nc3ccccc3)CCCC4)c2C)C1=O. The summed E-state index contributed by atoms with van der Waals surface area (Å²) in [5.41, 5.74) is 5.39. The van der Waals surface area contributed by atoms with Crippen molar-refractivity contribution in [2.75, 3.05) is 25.6 Å². The number of thioether (sulfide) groups is 1. The van der Waals surface area contributed by atoms with Gasteiger partial charge in [0.25, 0.3) is 17.1 Å². The van der Waals surface area contributed by atoms with Crippen LogP contribution >= 0.6 is 23.1 Å². The molecule has 192 valence electrons. The van der Waals surface area contributed by atoms with Gasteiger partial charge in [0.2, 0.25) is 0 Å². The smallest absolute Gasteiger partial charge is 0.293 e. The van der Waals surface area contributed by atoms with Crippen molar-refractivity contribution < 1.29 is 19.1 Å². The minimum absolute atomic E-state index is 0.103. The molecule has 3 amide bonds. The Labute approximate surface area is 224 Å². The van der Waals surface area contributed by atoms with Gasteiger partial charge < -0.3 is 14.6 Å². The molecule has 1 aliphatic heterocycles. The van der Waals surface area contributed by atoms with Gasteiger partial charge in [0.05, 0.1) is 23.6 Å². The van der Waals surface area contributed by atoms with Gasteiger partial charge >= 0.3 is 0 Å². The van der Waals surface area contributed by atoms with Gasteiger partial charge in [-0.05, 0) is 86.7 Å². The number of nitrogens with zero attached hydrogens (tertiary/aromatic N) is 2. The highest BCUT2D eigenvalue weighted by atomic mass is 32.2. The highest BCUT2D eigenvalue weighted by molar-refractivity contribution is 8.18. The standard InChI is InChI=1S/C28H29N3O4S2/c1-17-15-19(16-23-26(33)30(13-14-35-3)28(34)37-23)18(2)31(17)27-24(21-11-7-8-12-22(21)36-27)25(32)29-20-9-5-4-6-10-20/h4-6,9-10,15-16H,7-8,11-14H2,1-3H3,(H,29,32)/b23-16+. The number of fused-ring (bicyclic) bond motifs is 1. The van der Waals surface area contributed by atoms with E-state index >= 15 is 0 Å². The van der Waals surface area contributed by atoms with E-state index in [1.165, 1.54) is 9.78 Å². The zero-order valence-corrected chi connectivity index (χ0v) is 22.8. The summed E-state index contributed by atoms with van der Waals surface area (Å²) in [6.45, 7) is 4.53. The number of carbonyl (C=O) groups excluding carboxylic acids is 3. The number of carbonyl (C=O) groups is 3. The summed E-state index contributed by atoms with van der Waals surface area (Å²) >= 11 is 2.63. The van der Waals surface area contributed by atoms with Crippen molar-refractivity contribution in [2.45, 2.75) is 39.5 Å². The molecule has 3 heterocycles. The van der Waals surface area contributed by atoms with Crippen LogP contribution in [0.3, 0.4) is 0 Å². The van der Waals surface area contributed by atoms with Crippen LogP contribution in [0.25, 0.3) is 11.1 Å². The zero-order valence-electron chi connectivity index (χ0n) is 21.1. The number of methoxy groups -OCH3 is 1. The Morgan fingerprint density at radius 2 is 1.89 bits per heavy atom. The van der Waals surface area contributed by atoms with Crippen LogP contribution < -0.4 is 5.32 Å². The van der Waals surface area contributed by atoms with Crippen molar-refractivity contribution in [3.8, 4) is 5.00 Å². The average Bonchev–Trinajstić information content (AvgIpc) is 3.49. The summed E-state index contributed by atoms with van der Waals surface area (Å²) in [6.07, 6.45) is 5.85. The van der Waals surface area contributed by atoms with Crippen molar-refractivity contribution >= 4 is 51.9 Å². The van der Waals surface area contributed by atoms with Crippen molar-refractivity contribution in [3.63, 3.8) is 0 Å². The molecular weight excluding hydrogens is 506 g/mol. The molecule has 0 radical (unpaired) electrons. The maximum absolute atomic E-state index is 13.6. The number of benzene rings is 1. The van der Waals surface area contributed by atoms with Gasteiger partial charge in [-0.1, -0.05) is 18.2 Å². The summed E-state index contributed by atoms with van der Waals surface area (Å²) in [6, 6.07) is 11.5. The molecule has 1 aliphatic carbocycles. The predicted molar refractivity (Wildman–Crippen MR) is 149 cm³/mol. The first-order valence-electron chi connectivity index (χ1n) is 12.3. The first kappa shape index (κ1) is 25.5. The van der Waals surface area contributed by atoms with Gasteiger partial charge in [0.1, 0.15) is 5.00 Å². The fraction of sp³-hybridized carbons (Fsp3) is 0.321. The van der Waals surface area contributed by atoms with Crippen LogP contribution in [0.15, 0.2) is 41.3 Å². The lowest BCUT2D eigenvalue weighted by Crippen LogP contribution is -2.31. The molecule has 0 spiro atoms. The molecule has 1 aromatic carbocycles. The average molecular weight is 536 g/mol. The van der Waals surface area contributed by atoms with E-state index in [1.807, 2.05) is 50.2 Å². The van der Waals surface area contributed by atoms with Crippen LogP contribution in [0, 0.1) is 13.8 Å². The van der Waals surface area contributed by atoms with E-state index in [9.17, 15) is 14.4 Å². The van der Waals surface area contributed by atoms with Gasteiger partial charge in [-0.25, -0.2) is 0 Å². The first-order valence-corrected chi connectivity index (χ1v) is 14.0. The number of anilines is 1. The van der Waals surface area contributed by atoms with Crippen LogP contribution in [0.5, 0.6) is 0 Å². The van der Waals surface area contributed by atoms with Gasteiger partial charge in [0.15, 0.2) is 0 Å². The quantitative estimate of drug-likeness (QED) is 0.377. The zero-order chi connectivity index (χ0) is 26.1. The number of para-hydroxylation sites is 1. The molecule has 0 atom stereocenters. The molecule has 37 heavy (non-hydrogen) atoms. The van der Waals surface area contributed by atoms with E-state index in [2.05, 4.69) is 9.88 Å². The molecule has 1 saturated heterocycles. The first-order chi connectivity index (χ1) is 17.9. The topological polar surface area (TPSA) is 80.6 Å². The number of nitrogens with one attached hydrogen (secondary N) is 1. The molecule has 0 saturated carbocycles. The lowest BCUT2D eigenvalue weighted by atomic mass is 9.95. The largest absolute Gasteiger partial charge is 0.383 e. The van der Waals surface area contributed by atoms with Crippen molar-refractivity contribution in [1.82, 2.24) is 9.47 Å². The molecule has 7 nitrogen and oxygen atoms in total. The Morgan fingerprint density at radius 1 is 1.14 bits per heavy atom. The number of ether oxygens (including phenoxy) is 1. The number of aryl methyl sites for hydroxylation is 2. The predicted octanol–water partition coefficient (Wildman–Crippen LogP) is 5.97. The van der Waals surface area contributed by atoms with E-state index in [0.29, 0.717) is 11.5 Å². The molecule has 2 aromatic heterocycles. The number of hydrogen-bond acceptors (Lipinski definition) is 6. The third-order valence-electron chi connectivity index (χ3n) is 6.76. The molecule has 0 unspecified atom stereocenters. The highest BCUT2D eigenvalue weighted by Crippen LogP contribution is 2.40. The number of amides is 3. The van der Waals surface area contributed by atoms with Crippen LogP contribution in [-0.2, 0) is 22.4 Å². The molecule has 0 bridgehead atoms. The van der Waals surface area contributed by atoms with Crippen LogP contribution in [0.2, 0.25) is 0 Å². The third kappa shape index (κ3) is 4.91. The van der Waals surface area contributed by atoms with E-state index in [-0.39, 0.29) is 23.6 Å². The van der Waals surface area contributed by atoms with Gasteiger partial charge in [-0.2, -0.15) is 0 Å². The van der Waals surface area contributed by atoms with E-state index in [4.69, 9.17) is 4.74 Å². The molecule has 2 aliphatic rings. The number of thiophene rings is 1. The number of rotatable bonds is 7. The summed E-state index contributed by atoms with van der Waals surface area (Å²) in [5, 5.41) is 3.70. The molecule has 9 heteroatoms. The Morgan fingerprint density at radius 3 is 2.65 bits per heavy atom. The monoisotopic (exact) mass is 535 g/mol. The fourth-order valence-electron chi connectivity index (χ4n) is 4.92. The molecule has 1 N–H and O–H groups in total. The summed E-state index contributed by atoms with van der Waals surface area (Å²) in [7, 11) is 1.54. The van der Waals surface area contributed by atoms with E-state index in [1.54, 1.807) is 24.5 Å². The molecule has 1 fully saturated rings. The third-order valence-corrected chi connectivity index (χ3v) is 8.95. The Balaban J connectivity index is 1.53. The van der Waals surface area contributed by atoms with Crippen molar-refractivity contribution in [1.29, 1.82) is 0 Å². The maximum Gasteiger partial charge on any atom is 0.293 e. The maximum atomic E-state index is 13.6. The second-order valence-electron chi connectivity index (χ2n) is 9.20. The Hall–Kier alpha value is -3.14. The van der Waals surface area contributed by atoms with Crippen molar-refractivity contribution in [3.05, 3.63) is 74.3 Å². The Bertz CT molecular complexity index is 1400. The Kier molecular flexibility index (Phi) is 7.37. The van der Waals surface area contributed by atoms with Crippen LogP contribution in [0.1, 0.15) is 50.6 Å². The fourth-order valence-corrected chi connectivity index (χ4v) is 7.27. The van der Waals surface area contributed by atoms with Gasteiger partial charge in [-0.3, -0.25) is 19.3 Å². The molecule has 5 rings (SSSR count). The molecular formula is C28H29N3O4S2. The second kappa shape index (κ2) is 10.7. The minimum atomic E-state index is -0.300.